The number of carbonyl (C=O) groups excluding carboxylic acids is 2. The number of amides is 3. The van der Waals surface area contributed by atoms with Crippen molar-refractivity contribution in [2.75, 3.05) is 37.4 Å². The van der Waals surface area contributed by atoms with Crippen molar-refractivity contribution in [3.63, 3.8) is 0 Å². The fourth-order valence-corrected chi connectivity index (χ4v) is 4.03. The highest BCUT2D eigenvalue weighted by Crippen LogP contribution is 2.28. The summed E-state index contributed by atoms with van der Waals surface area (Å²) in [5, 5.41) is 11.1. The summed E-state index contributed by atoms with van der Waals surface area (Å²) < 4.78 is 6.90. The van der Waals surface area contributed by atoms with Gasteiger partial charge in [0, 0.05) is 42.5 Å². The Kier molecular flexibility index (Phi) is 9.34. The summed E-state index contributed by atoms with van der Waals surface area (Å²) in [6, 6.07) is 14.5. The van der Waals surface area contributed by atoms with E-state index in [4.69, 9.17) is 21.4 Å². The molecule has 0 saturated heterocycles. The lowest BCUT2D eigenvalue weighted by Gasteiger charge is -2.23. The van der Waals surface area contributed by atoms with Crippen molar-refractivity contribution in [2.24, 2.45) is 0 Å². The normalized spacial score (nSPS) is 11.3. The average molecular weight is 526 g/mol. The summed E-state index contributed by atoms with van der Waals surface area (Å²) in [6.07, 6.45) is 0.585. The summed E-state index contributed by atoms with van der Waals surface area (Å²) in [7, 11) is 1.60. The Morgan fingerprint density at radius 1 is 1.08 bits per heavy atom. The standard InChI is InChI=1S/C28H36ClN5O3/c1-19-11-12-23(20(2)15-19)34-25(17-24(32-34)28(3,4)5)31-26(35)18-33(13-8-14-37-6)27(36)30-22-10-7-9-21(29)16-22/h7,9-12,15-17H,8,13-14,18H2,1-6H3,(H,30,36)(H,31,35). The van der Waals surface area contributed by atoms with Crippen molar-refractivity contribution in [3.05, 3.63) is 70.4 Å². The first kappa shape index (κ1) is 28.2. The van der Waals surface area contributed by atoms with E-state index in [0.29, 0.717) is 36.1 Å². The number of benzene rings is 2. The zero-order chi connectivity index (χ0) is 27.2. The van der Waals surface area contributed by atoms with Gasteiger partial charge in [-0.25, -0.2) is 9.48 Å². The van der Waals surface area contributed by atoms with E-state index in [-0.39, 0.29) is 17.9 Å². The van der Waals surface area contributed by atoms with Gasteiger partial charge in [0.15, 0.2) is 0 Å². The lowest BCUT2D eigenvalue weighted by atomic mass is 9.92. The van der Waals surface area contributed by atoms with E-state index in [1.807, 2.05) is 32.0 Å². The van der Waals surface area contributed by atoms with Gasteiger partial charge in [-0.2, -0.15) is 5.10 Å². The Labute approximate surface area is 223 Å². The van der Waals surface area contributed by atoms with Crippen molar-refractivity contribution >= 4 is 35.0 Å². The monoisotopic (exact) mass is 525 g/mol. The van der Waals surface area contributed by atoms with Gasteiger partial charge in [-0.15, -0.1) is 0 Å². The van der Waals surface area contributed by atoms with Crippen LogP contribution in [0.2, 0.25) is 5.02 Å². The number of carbonyl (C=O) groups is 2. The summed E-state index contributed by atoms with van der Waals surface area (Å²) in [5.74, 6) is 0.221. The maximum absolute atomic E-state index is 13.2. The first-order chi connectivity index (χ1) is 17.5. The van der Waals surface area contributed by atoms with Crippen LogP contribution in [-0.4, -0.2) is 53.4 Å². The predicted octanol–water partition coefficient (Wildman–Crippen LogP) is 5.95. The van der Waals surface area contributed by atoms with Crippen molar-refractivity contribution < 1.29 is 14.3 Å². The third kappa shape index (κ3) is 7.81. The Balaban J connectivity index is 1.83. The maximum Gasteiger partial charge on any atom is 0.322 e. The highest BCUT2D eigenvalue weighted by molar-refractivity contribution is 6.30. The highest BCUT2D eigenvalue weighted by atomic mass is 35.5. The number of aromatic nitrogens is 2. The molecule has 0 atom stereocenters. The number of nitrogens with one attached hydrogen (secondary N) is 2. The Morgan fingerprint density at radius 3 is 2.49 bits per heavy atom. The Hall–Kier alpha value is -3.36. The third-order valence-corrected chi connectivity index (χ3v) is 6.03. The number of hydrogen-bond donors (Lipinski definition) is 2. The molecule has 0 saturated carbocycles. The van der Waals surface area contributed by atoms with Crippen LogP contribution in [0, 0.1) is 13.8 Å². The zero-order valence-corrected chi connectivity index (χ0v) is 23.1. The number of hydrogen-bond acceptors (Lipinski definition) is 4. The fourth-order valence-electron chi connectivity index (χ4n) is 3.84. The van der Waals surface area contributed by atoms with Gasteiger partial charge >= 0.3 is 6.03 Å². The smallest absolute Gasteiger partial charge is 0.322 e. The fraction of sp³-hybridized carbons (Fsp3) is 0.393. The lowest BCUT2D eigenvalue weighted by Crippen LogP contribution is -2.41. The SMILES string of the molecule is COCCCN(CC(=O)Nc1cc(C(C)(C)C)nn1-c1ccc(C)cc1C)C(=O)Nc1cccc(Cl)c1. The summed E-state index contributed by atoms with van der Waals surface area (Å²) in [4.78, 5) is 27.7. The molecule has 2 aromatic carbocycles. The first-order valence-electron chi connectivity index (χ1n) is 12.3. The van der Waals surface area contributed by atoms with Gasteiger partial charge in [0.25, 0.3) is 0 Å². The third-order valence-electron chi connectivity index (χ3n) is 5.80. The van der Waals surface area contributed by atoms with Gasteiger partial charge in [-0.1, -0.05) is 56.1 Å². The van der Waals surface area contributed by atoms with Gasteiger partial charge in [-0.3, -0.25) is 4.79 Å². The second-order valence-electron chi connectivity index (χ2n) is 10.1. The van der Waals surface area contributed by atoms with Crippen LogP contribution < -0.4 is 10.6 Å². The molecule has 3 amide bonds. The second kappa shape index (κ2) is 12.3. The van der Waals surface area contributed by atoms with Crippen molar-refractivity contribution in [3.8, 4) is 5.69 Å². The molecule has 0 fully saturated rings. The van der Waals surface area contributed by atoms with E-state index >= 15 is 0 Å². The van der Waals surface area contributed by atoms with E-state index < -0.39 is 6.03 Å². The van der Waals surface area contributed by atoms with Crippen LogP contribution in [0.5, 0.6) is 0 Å². The second-order valence-corrected chi connectivity index (χ2v) is 10.6. The molecule has 9 heteroatoms. The molecule has 3 aromatic rings. The van der Waals surface area contributed by atoms with E-state index in [1.54, 1.807) is 36.1 Å². The summed E-state index contributed by atoms with van der Waals surface area (Å²) >= 11 is 6.05. The van der Waals surface area contributed by atoms with Crippen LogP contribution in [0.25, 0.3) is 5.69 Å². The zero-order valence-electron chi connectivity index (χ0n) is 22.4. The van der Waals surface area contributed by atoms with Gasteiger partial charge in [-0.05, 0) is 50.1 Å². The maximum atomic E-state index is 13.2. The molecular weight excluding hydrogens is 490 g/mol. The highest BCUT2D eigenvalue weighted by Gasteiger charge is 2.23. The molecule has 0 bridgehead atoms. The molecule has 0 aliphatic carbocycles. The number of aryl methyl sites for hydroxylation is 2. The van der Waals surface area contributed by atoms with Crippen LogP contribution in [0.3, 0.4) is 0 Å². The molecule has 1 heterocycles. The van der Waals surface area contributed by atoms with E-state index in [0.717, 1.165) is 22.5 Å². The number of halogens is 1. The summed E-state index contributed by atoms with van der Waals surface area (Å²) in [5.41, 5.74) is 4.25. The van der Waals surface area contributed by atoms with E-state index in [2.05, 4.69) is 37.5 Å². The quantitative estimate of drug-likeness (QED) is 0.338. The van der Waals surface area contributed by atoms with Gasteiger partial charge in [0.1, 0.15) is 12.4 Å². The minimum absolute atomic E-state index is 0.140. The van der Waals surface area contributed by atoms with Crippen molar-refractivity contribution in [1.29, 1.82) is 0 Å². The van der Waals surface area contributed by atoms with Gasteiger partial charge < -0.3 is 20.3 Å². The molecule has 3 rings (SSSR count). The van der Waals surface area contributed by atoms with E-state index in [9.17, 15) is 9.59 Å². The molecule has 0 aliphatic rings. The van der Waals surface area contributed by atoms with Crippen LogP contribution in [0.15, 0.2) is 48.5 Å². The first-order valence-corrected chi connectivity index (χ1v) is 12.6. The van der Waals surface area contributed by atoms with Crippen molar-refractivity contribution in [2.45, 2.75) is 46.5 Å². The average Bonchev–Trinajstić information content (AvgIpc) is 3.22. The molecular formula is C28H36ClN5O3. The predicted molar refractivity (Wildman–Crippen MR) is 149 cm³/mol. The number of urea groups is 1. The van der Waals surface area contributed by atoms with Crippen molar-refractivity contribution in [1.82, 2.24) is 14.7 Å². The molecule has 198 valence electrons. The number of anilines is 2. The van der Waals surface area contributed by atoms with Crippen LogP contribution in [-0.2, 0) is 14.9 Å². The largest absolute Gasteiger partial charge is 0.385 e. The molecule has 8 nitrogen and oxygen atoms in total. The van der Waals surface area contributed by atoms with Crippen LogP contribution in [0.4, 0.5) is 16.3 Å². The lowest BCUT2D eigenvalue weighted by molar-refractivity contribution is -0.116. The Bertz CT molecular complexity index is 1250. The number of nitrogens with zero attached hydrogens (tertiary/aromatic N) is 3. The molecule has 2 N–H and O–H groups in total. The summed E-state index contributed by atoms with van der Waals surface area (Å²) in [6.45, 7) is 11.0. The van der Waals surface area contributed by atoms with Gasteiger partial charge in [0.05, 0.1) is 11.4 Å². The molecule has 0 unspecified atom stereocenters. The van der Waals surface area contributed by atoms with Crippen LogP contribution >= 0.6 is 11.6 Å². The molecule has 37 heavy (non-hydrogen) atoms. The van der Waals surface area contributed by atoms with E-state index in [1.165, 1.54) is 4.90 Å². The molecule has 0 radical (unpaired) electrons. The van der Waals surface area contributed by atoms with Gasteiger partial charge in [0.2, 0.25) is 5.91 Å². The number of rotatable bonds is 9. The Morgan fingerprint density at radius 2 is 1.84 bits per heavy atom. The minimum Gasteiger partial charge on any atom is -0.385 e. The van der Waals surface area contributed by atoms with Crippen LogP contribution in [0.1, 0.15) is 44.0 Å². The molecule has 0 spiro atoms. The number of methoxy groups -OCH3 is 1. The molecule has 1 aromatic heterocycles. The molecule has 0 aliphatic heterocycles. The topological polar surface area (TPSA) is 88.5 Å². The number of ether oxygens (including phenoxy) is 1. The minimum atomic E-state index is -0.396.